The van der Waals surface area contributed by atoms with Gasteiger partial charge in [0.1, 0.15) is 34.2 Å². The summed E-state index contributed by atoms with van der Waals surface area (Å²) in [5.74, 6) is -7.25. The summed E-state index contributed by atoms with van der Waals surface area (Å²) in [6.07, 6.45) is 0.0667. The maximum Gasteiger partial charge on any atom is 0.352 e. The molecule has 4 aliphatic heterocycles. The summed E-state index contributed by atoms with van der Waals surface area (Å²) in [4.78, 5) is 106. The highest BCUT2D eigenvalue weighted by Gasteiger charge is 2.58. The van der Waals surface area contributed by atoms with Crippen LogP contribution in [0, 0.1) is 0 Å². The summed E-state index contributed by atoms with van der Waals surface area (Å²) >= 11 is 2.10. The Labute approximate surface area is 321 Å². The third-order valence-corrected chi connectivity index (χ3v) is 13.0. The van der Waals surface area contributed by atoms with Crippen molar-refractivity contribution < 1.29 is 53.0 Å². The molecule has 55 heavy (non-hydrogen) atoms. The fourth-order valence-corrected chi connectivity index (χ4v) is 10.0. The molecule has 2 aromatic carbocycles. The summed E-state index contributed by atoms with van der Waals surface area (Å²) in [5.41, 5.74) is 1.26. The SMILES string of the molecule is CC1=C(C(=O)O)N2C(=O)[C@@H](NC(=O)c3ccc(C(=O)N[C@@H]4C(=O)N5C(C(=O)O)=C(C)[C@H](C(=O)Cc6ccccc6)S[C@H]45)o3)[C@H]2S[C@@H]1C(=O)Cc1ccccc1. The molecule has 282 valence electrons. The number of carbonyl (C=O) groups excluding carboxylic acids is 6. The second-order valence-corrected chi connectivity index (χ2v) is 15.7. The Morgan fingerprint density at radius 1 is 0.618 bits per heavy atom. The maximum absolute atomic E-state index is 13.3. The third-order valence-electron chi connectivity index (χ3n) is 9.71. The highest BCUT2D eigenvalue weighted by molar-refractivity contribution is 8.01. The van der Waals surface area contributed by atoms with Crippen LogP contribution in [0.2, 0.25) is 0 Å². The summed E-state index contributed by atoms with van der Waals surface area (Å²) in [6.45, 7) is 2.98. The Hall–Kier alpha value is -5.94. The van der Waals surface area contributed by atoms with Gasteiger partial charge < -0.3 is 25.3 Å². The molecule has 0 spiro atoms. The van der Waals surface area contributed by atoms with Gasteiger partial charge >= 0.3 is 11.9 Å². The molecule has 0 aliphatic carbocycles. The predicted molar refractivity (Wildman–Crippen MR) is 196 cm³/mol. The number of hydrogen-bond acceptors (Lipinski definition) is 11. The molecule has 1 aromatic heterocycles. The minimum Gasteiger partial charge on any atom is -0.477 e. The molecule has 2 saturated heterocycles. The van der Waals surface area contributed by atoms with E-state index in [0.29, 0.717) is 0 Å². The Kier molecular flexibility index (Phi) is 10.00. The van der Waals surface area contributed by atoms with E-state index < -0.39 is 68.9 Å². The molecule has 4 amide bonds. The number of nitrogens with zero attached hydrogens (tertiary/aromatic N) is 2. The number of thioether (sulfide) groups is 2. The number of furan rings is 1. The van der Waals surface area contributed by atoms with Gasteiger partial charge in [0, 0.05) is 12.8 Å². The number of rotatable bonds is 12. The lowest BCUT2D eigenvalue weighted by Gasteiger charge is -2.50. The van der Waals surface area contributed by atoms with Crippen molar-refractivity contribution in [2.45, 2.75) is 60.0 Å². The van der Waals surface area contributed by atoms with E-state index in [0.717, 1.165) is 44.5 Å². The average molecular weight is 785 g/mol. The monoisotopic (exact) mass is 784 g/mol. The van der Waals surface area contributed by atoms with Crippen LogP contribution in [0.3, 0.4) is 0 Å². The van der Waals surface area contributed by atoms with Gasteiger partial charge in [0.25, 0.3) is 23.6 Å². The van der Waals surface area contributed by atoms with Crippen LogP contribution >= 0.6 is 23.5 Å². The van der Waals surface area contributed by atoms with Gasteiger partial charge in [-0.2, -0.15) is 0 Å². The second kappa shape index (κ2) is 14.7. The number of fused-ring (bicyclic) bond motifs is 2. The van der Waals surface area contributed by atoms with Crippen LogP contribution < -0.4 is 10.6 Å². The highest BCUT2D eigenvalue weighted by Crippen LogP contribution is 2.46. The van der Waals surface area contributed by atoms with Crippen molar-refractivity contribution in [3.63, 3.8) is 0 Å². The maximum atomic E-state index is 13.3. The number of β-lactam (4-membered cyclic amide) rings is 2. The first-order chi connectivity index (χ1) is 26.3. The molecule has 4 N–H and O–H groups in total. The van der Waals surface area contributed by atoms with Crippen molar-refractivity contribution in [1.29, 1.82) is 0 Å². The van der Waals surface area contributed by atoms with Gasteiger partial charge in [-0.15, -0.1) is 23.5 Å². The summed E-state index contributed by atoms with van der Waals surface area (Å²) in [7, 11) is 0. The van der Waals surface area contributed by atoms with Crippen LogP contribution in [0.4, 0.5) is 0 Å². The number of carboxylic acids is 2. The molecule has 0 unspecified atom stereocenters. The van der Waals surface area contributed by atoms with Crippen LogP contribution in [-0.2, 0) is 41.6 Å². The number of amides is 4. The fraction of sp³-hybridized carbons (Fsp3) is 0.263. The molecular formula is C38H32N4O11S2. The fourth-order valence-electron chi connectivity index (χ4n) is 7.02. The number of carbonyl (C=O) groups is 8. The van der Waals surface area contributed by atoms with E-state index in [2.05, 4.69) is 10.6 Å². The number of nitrogens with one attached hydrogen (secondary N) is 2. The summed E-state index contributed by atoms with van der Waals surface area (Å²) in [5, 5.41) is 21.4. The van der Waals surface area contributed by atoms with E-state index in [1.165, 1.54) is 26.0 Å². The van der Waals surface area contributed by atoms with E-state index in [4.69, 9.17) is 4.42 Å². The first kappa shape index (κ1) is 37.4. The van der Waals surface area contributed by atoms with Gasteiger partial charge in [0.05, 0.1) is 10.5 Å². The highest BCUT2D eigenvalue weighted by atomic mass is 32.2. The van der Waals surface area contributed by atoms with E-state index in [1.54, 1.807) is 60.7 Å². The van der Waals surface area contributed by atoms with Crippen LogP contribution in [0.15, 0.2) is 99.8 Å². The van der Waals surface area contributed by atoms with Crippen molar-refractivity contribution in [2.75, 3.05) is 0 Å². The van der Waals surface area contributed by atoms with Crippen LogP contribution in [0.1, 0.15) is 46.1 Å². The first-order valence-corrected chi connectivity index (χ1v) is 18.9. The molecule has 0 radical (unpaired) electrons. The van der Waals surface area contributed by atoms with Crippen molar-refractivity contribution in [1.82, 2.24) is 20.4 Å². The van der Waals surface area contributed by atoms with Crippen molar-refractivity contribution in [3.8, 4) is 0 Å². The molecule has 3 aromatic rings. The minimum absolute atomic E-state index is 0.0334. The molecule has 0 bridgehead atoms. The van der Waals surface area contributed by atoms with Crippen molar-refractivity contribution >= 4 is 70.7 Å². The zero-order valence-electron chi connectivity index (χ0n) is 29.1. The van der Waals surface area contributed by atoms with E-state index in [1.807, 2.05) is 0 Å². The van der Waals surface area contributed by atoms with E-state index in [9.17, 15) is 48.6 Å². The molecule has 0 saturated carbocycles. The Morgan fingerprint density at radius 2 is 0.982 bits per heavy atom. The smallest absolute Gasteiger partial charge is 0.352 e. The largest absolute Gasteiger partial charge is 0.477 e. The van der Waals surface area contributed by atoms with Crippen molar-refractivity contribution in [2.24, 2.45) is 0 Å². The van der Waals surface area contributed by atoms with Gasteiger partial charge in [-0.3, -0.25) is 38.6 Å². The van der Waals surface area contributed by atoms with Gasteiger partial charge in [-0.05, 0) is 48.3 Å². The van der Waals surface area contributed by atoms with Crippen LogP contribution in [0.25, 0.3) is 0 Å². The number of benzene rings is 2. The first-order valence-electron chi connectivity index (χ1n) is 17.0. The minimum atomic E-state index is -1.39. The Bertz CT molecular complexity index is 2080. The zero-order valence-corrected chi connectivity index (χ0v) is 30.7. The standard InChI is InChI=1S/C38H32N4O11S2/c1-17-27(37(49)50)41-33(47)25(35(41)54-29(17)21(43)15-19-9-5-3-6-10-19)39-31(45)23-13-14-24(53-23)32(46)40-26-34(48)42-28(38(51)52)18(2)30(55-36(26)42)22(44)16-20-11-7-4-8-12-20/h3-14,25-26,29-30,35-36H,15-16H2,1-2H3,(H,39,45)(H,40,46)(H,49,50)(H,51,52)/t25-,26-,29-,30+,35-,36-/m1/s1. The van der Waals surface area contributed by atoms with Crippen LogP contribution in [0.5, 0.6) is 0 Å². The van der Waals surface area contributed by atoms with Crippen LogP contribution in [-0.4, -0.2) is 100 Å². The number of hydrogen-bond donors (Lipinski definition) is 4. The Morgan fingerprint density at radius 3 is 1.33 bits per heavy atom. The molecule has 17 heteroatoms. The summed E-state index contributed by atoms with van der Waals surface area (Å²) < 4.78 is 5.49. The molecule has 2 fully saturated rings. The molecule has 6 atom stereocenters. The number of aliphatic carboxylic acids is 2. The van der Waals surface area contributed by atoms with Gasteiger partial charge in [-0.25, -0.2) is 9.59 Å². The molecule has 15 nitrogen and oxygen atoms in total. The molecule has 4 aliphatic rings. The average Bonchev–Trinajstić information content (AvgIpc) is 3.67. The number of Topliss-reactive ketones (excluding diaryl/α,β-unsaturated/α-hetero) is 2. The molecular weight excluding hydrogens is 753 g/mol. The van der Waals surface area contributed by atoms with Gasteiger partial charge in [0.2, 0.25) is 0 Å². The summed E-state index contributed by atoms with van der Waals surface area (Å²) in [6, 6.07) is 17.7. The molecule has 5 heterocycles. The van der Waals surface area contributed by atoms with Crippen molar-refractivity contribution in [3.05, 3.63) is 118 Å². The Balaban J connectivity index is 1.01. The topological polar surface area (TPSA) is 221 Å². The zero-order chi connectivity index (χ0) is 39.3. The normalized spacial score (nSPS) is 24.3. The number of carboxylic acid groups (broad SMARTS) is 2. The number of ketones is 2. The molecule has 7 rings (SSSR count). The van der Waals surface area contributed by atoms with E-state index in [-0.39, 0.29) is 58.5 Å². The lowest BCUT2D eigenvalue weighted by molar-refractivity contribution is -0.149. The van der Waals surface area contributed by atoms with Gasteiger partial charge in [-0.1, -0.05) is 60.7 Å². The lowest BCUT2D eigenvalue weighted by Crippen LogP contribution is -2.71. The van der Waals surface area contributed by atoms with Gasteiger partial charge in [0.15, 0.2) is 23.1 Å². The lowest BCUT2D eigenvalue weighted by atomic mass is 9.97. The second-order valence-electron chi connectivity index (χ2n) is 13.2. The quantitative estimate of drug-likeness (QED) is 0.194. The van der Waals surface area contributed by atoms with E-state index >= 15 is 0 Å². The predicted octanol–water partition coefficient (Wildman–Crippen LogP) is 2.38. The third kappa shape index (κ3) is 6.73.